The first-order chi connectivity index (χ1) is 9.29. The molecule has 0 saturated carbocycles. The molecule has 2 heterocycles. The average Bonchev–Trinajstić information content (AvgIpc) is 2.71. The fraction of sp³-hybridized carbons (Fsp3) is 0.533. The molecule has 0 aromatic heterocycles. The molecule has 4 nitrogen and oxygen atoms in total. The summed E-state index contributed by atoms with van der Waals surface area (Å²) in [6.45, 7) is 1.95. The number of ether oxygens (including phenoxy) is 1. The van der Waals surface area contributed by atoms with Crippen molar-refractivity contribution in [2.75, 3.05) is 20.2 Å². The molecule has 1 N–H and O–H groups in total. The topological polar surface area (TPSA) is 41.6 Å². The van der Waals surface area contributed by atoms with Crippen molar-refractivity contribution in [3.63, 3.8) is 0 Å². The van der Waals surface area contributed by atoms with E-state index in [0.717, 1.165) is 43.7 Å². The monoisotopic (exact) mass is 260 g/mol. The van der Waals surface area contributed by atoms with E-state index >= 15 is 0 Å². The lowest BCUT2D eigenvalue weighted by atomic mass is 10.1. The van der Waals surface area contributed by atoms with Crippen LogP contribution in [0.25, 0.3) is 0 Å². The van der Waals surface area contributed by atoms with Crippen molar-refractivity contribution in [3.05, 3.63) is 29.8 Å². The van der Waals surface area contributed by atoms with Gasteiger partial charge in [-0.1, -0.05) is 0 Å². The van der Waals surface area contributed by atoms with Gasteiger partial charge in [0.05, 0.1) is 7.11 Å². The van der Waals surface area contributed by atoms with E-state index in [9.17, 15) is 4.79 Å². The number of hydrogen-bond donors (Lipinski definition) is 1. The molecular weight excluding hydrogens is 240 g/mol. The second-order valence-corrected chi connectivity index (χ2v) is 5.32. The average molecular weight is 260 g/mol. The zero-order valence-electron chi connectivity index (χ0n) is 11.3. The molecule has 3 rings (SSSR count). The minimum atomic E-state index is 0.166. The molecule has 2 aliphatic heterocycles. The Morgan fingerprint density at radius 2 is 1.95 bits per heavy atom. The highest BCUT2D eigenvalue weighted by molar-refractivity contribution is 5.95. The summed E-state index contributed by atoms with van der Waals surface area (Å²) in [6.07, 6.45) is 3.34. The lowest BCUT2D eigenvalue weighted by Crippen LogP contribution is -2.42. The van der Waals surface area contributed by atoms with Crippen LogP contribution >= 0.6 is 0 Å². The third-order valence-electron chi connectivity index (χ3n) is 4.23. The van der Waals surface area contributed by atoms with Crippen molar-refractivity contribution in [2.24, 2.45) is 0 Å². The van der Waals surface area contributed by atoms with E-state index in [2.05, 4.69) is 10.2 Å². The van der Waals surface area contributed by atoms with Crippen LogP contribution in [0.4, 0.5) is 0 Å². The first kappa shape index (κ1) is 12.5. The quantitative estimate of drug-likeness (QED) is 0.879. The van der Waals surface area contributed by atoms with Crippen molar-refractivity contribution in [2.45, 2.75) is 31.3 Å². The molecule has 2 atom stereocenters. The van der Waals surface area contributed by atoms with E-state index in [0.29, 0.717) is 12.1 Å². The number of amides is 1. The number of benzene rings is 1. The van der Waals surface area contributed by atoms with Crippen molar-refractivity contribution in [3.8, 4) is 5.75 Å². The van der Waals surface area contributed by atoms with E-state index in [1.54, 1.807) is 7.11 Å². The molecule has 19 heavy (non-hydrogen) atoms. The maximum Gasteiger partial charge on any atom is 0.254 e. The zero-order valence-corrected chi connectivity index (χ0v) is 11.3. The Bertz CT molecular complexity index is 444. The summed E-state index contributed by atoms with van der Waals surface area (Å²) in [5, 5.41) is 3.42. The molecule has 2 aliphatic rings. The lowest BCUT2D eigenvalue weighted by molar-refractivity contribution is 0.0680. The Balaban J connectivity index is 1.82. The highest BCUT2D eigenvalue weighted by Gasteiger charge is 2.38. The van der Waals surface area contributed by atoms with Crippen LogP contribution in [0.5, 0.6) is 5.75 Å². The second-order valence-electron chi connectivity index (χ2n) is 5.32. The largest absolute Gasteiger partial charge is 0.497 e. The van der Waals surface area contributed by atoms with Crippen LogP contribution in [0.3, 0.4) is 0 Å². The standard InChI is InChI=1S/C15H20N2O2/c1-19-14-6-2-11(3-7-14)15(18)17-12-4-5-13(17)10-16-9-8-12/h2-3,6-7,12-13,16H,4-5,8-10H2,1H3. The van der Waals surface area contributed by atoms with Gasteiger partial charge in [-0.2, -0.15) is 0 Å². The third-order valence-corrected chi connectivity index (χ3v) is 4.23. The van der Waals surface area contributed by atoms with E-state index in [1.807, 2.05) is 24.3 Å². The number of nitrogens with zero attached hydrogens (tertiary/aromatic N) is 1. The molecule has 2 bridgehead atoms. The molecular formula is C15H20N2O2. The van der Waals surface area contributed by atoms with Gasteiger partial charge in [0.1, 0.15) is 5.75 Å². The number of methoxy groups -OCH3 is 1. The molecule has 1 aromatic carbocycles. The molecule has 0 radical (unpaired) electrons. The highest BCUT2D eigenvalue weighted by atomic mass is 16.5. The van der Waals surface area contributed by atoms with Crippen LogP contribution in [0, 0.1) is 0 Å². The number of nitrogens with one attached hydrogen (secondary N) is 1. The Hall–Kier alpha value is -1.55. The summed E-state index contributed by atoms with van der Waals surface area (Å²) in [4.78, 5) is 14.8. The summed E-state index contributed by atoms with van der Waals surface area (Å²) in [6, 6.07) is 8.20. The highest BCUT2D eigenvalue weighted by Crippen LogP contribution is 2.29. The van der Waals surface area contributed by atoms with Gasteiger partial charge in [0.15, 0.2) is 0 Å². The molecule has 2 fully saturated rings. The Kier molecular flexibility index (Phi) is 3.42. The van der Waals surface area contributed by atoms with Crippen LogP contribution < -0.4 is 10.1 Å². The van der Waals surface area contributed by atoms with E-state index in [-0.39, 0.29) is 5.91 Å². The second kappa shape index (κ2) is 5.21. The van der Waals surface area contributed by atoms with E-state index in [4.69, 9.17) is 4.74 Å². The smallest absolute Gasteiger partial charge is 0.254 e. The van der Waals surface area contributed by atoms with Gasteiger partial charge in [0.25, 0.3) is 5.91 Å². The molecule has 0 spiro atoms. The van der Waals surface area contributed by atoms with E-state index < -0.39 is 0 Å². The number of fused-ring (bicyclic) bond motifs is 2. The van der Waals surface area contributed by atoms with Gasteiger partial charge in [-0.3, -0.25) is 4.79 Å². The SMILES string of the molecule is COc1ccc(C(=O)N2C3CCNCC2CC3)cc1. The molecule has 1 amide bonds. The molecule has 2 unspecified atom stereocenters. The van der Waals surface area contributed by atoms with Crippen molar-refractivity contribution >= 4 is 5.91 Å². The van der Waals surface area contributed by atoms with Gasteiger partial charge in [-0.05, 0) is 50.1 Å². The van der Waals surface area contributed by atoms with Crippen LogP contribution in [-0.4, -0.2) is 43.1 Å². The fourth-order valence-corrected chi connectivity index (χ4v) is 3.20. The minimum Gasteiger partial charge on any atom is -0.497 e. The Morgan fingerprint density at radius 3 is 2.68 bits per heavy atom. The first-order valence-corrected chi connectivity index (χ1v) is 6.97. The summed E-state index contributed by atoms with van der Waals surface area (Å²) in [7, 11) is 1.64. The van der Waals surface area contributed by atoms with Gasteiger partial charge in [0, 0.05) is 24.2 Å². The summed E-state index contributed by atoms with van der Waals surface area (Å²) in [5.74, 6) is 0.955. The van der Waals surface area contributed by atoms with Crippen molar-refractivity contribution in [1.82, 2.24) is 10.2 Å². The molecule has 4 heteroatoms. The number of hydrogen-bond acceptors (Lipinski definition) is 3. The molecule has 2 saturated heterocycles. The Morgan fingerprint density at radius 1 is 1.21 bits per heavy atom. The van der Waals surface area contributed by atoms with Crippen LogP contribution in [0.1, 0.15) is 29.6 Å². The van der Waals surface area contributed by atoms with Crippen molar-refractivity contribution in [1.29, 1.82) is 0 Å². The molecule has 1 aromatic rings. The predicted octanol–water partition coefficient (Wildman–Crippen LogP) is 1.66. The van der Waals surface area contributed by atoms with Crippen LogP contribution in [0.15, 0.2) is 24.3 Å². The minimum absolute atomic E-state index is 0.166. The lowest BCUT2D eigenvalue weighted by Gasteiger charge is -2.28. The molecule has 102 valence electrons. The van der Waals surface area contributed by atoms with Crippen LogP contribution in [-0.2, 0) is 0 Å². The summed E-state index contributed by atoms with van der Waals surface area (Å²) < 4.78 is 5.13. The van der Waals surface area contributed by atoms with Gasteiger partial charge >= 0.3 is 0 Å². The first-order valence-electron chi connectivity index (χ1n) is 6.97. The van der Waals surface area contributed by atoms with E-state index in [1.165, 1.54) is 0 Å². The summed E-state index contributed by atoms with van der Waals surface area (Å²) >= 11 is 0. The normalized spacial score (nSPS) is 26.1. The van der Waals surface area contributed by atoms with Gasteiger partial charge < -0.3 is 15.0 Å². The third kappa shape index (κ3) is 2.32. The maximum atomic E-state index is 12.7. The number of carbonyl (C=O) groups excluding carboxylic acids is 1. The van der Waals surface area contributed by atoms with Gasteiger partial charge in [0.2, 0.25) is 0 Å². The fourth-order valence-electron chi connectivity index (χ4n) is 3.20. The maximum absolute atomic E-state index is 12.7. The van der Waals surface area contributed by atoms with Gasteiger partial charge in [-0.15, -0.1) is 0 Å². The Labute approximate surface area is 113 Å². The van der Waals surface area contributed by atoms with Crippen molar-refractivity contribution < 1.29 is 9.53 Å². The van der Waals surface area contributed by atoms with Crippen LogP contribution in [0.2, 0.25) is 0 Å². The number of rotatable bonds is 2. The zero-order chi connectivity index (χ0) is 13.2. The molecule has 0 aliphatic carbocycles. The van der Waals surface area contributed by atoms with Gasteiger partial charge in [-0.25, -0.2) is 0 Å². The predicted molar refractivity (Wildman–Crippen MR) is 73.5 cm³/mol. The summed E-state index contributed by atoms with van der Waals surface area (Å²) in [5.41, 5.74) is 0.764. The number of carbonyl (C=O) groups is 1.